The summed E-state index contributed by atoms with van der Waals surface area (Å²) in [6.45, 7) is 9.22. The Morgan fingerprint density at radius 3 is 2.00 bits per heavy atom. The maximum Gasteiger partial charge on any atom is 0.363 e. The molecule has 0 spiro atoms. The van der Waals surface area contributed by atoms with Crippen molar-refractivity contribution in [3.05, 3.63) is 60.7 Å². The van der Waals surface area contributed by atoms with Crippen LogP contribution in [0.3, 0.4) is 0 Å². The minimum absolute atomic E-state index is 0.637. The smallest absolute Gasteiger partial charge is 0.363 e. The molecule has 0 amide bonds. The second-order valence-corrected chi connectivity index (χ2v) is 17.8. The molecule has 0 aliphatic heterocycles. The summed E-state index contributed by atoms with van der Waals surface area (Å²) in [5.41, 5.74) is 0. The highest BCUT2D eigenvalue weighted by Gasteiger charge is 2.49. The molecule has 0 radical (unpaired) electrons. The lowest BCUT2D eigenvalue weighted by Gasteiger charge is -2.40. The number of hydrogen-bond donors (Lipinski definition) is 0. The molecule has 0 aromatic heterocycles. The highest BCUT2D eigenvalue weighted by Crippen LogP contribution is 2.25. The maximum atomic E-state index is 7.19. The molecule has 8 heteroatoms. The second-order valence-electron chi connectivity index (χ2n) is 7.70. The molecule has 0 heterocycles. The van der Waals surface area contributed by atoms with Gasteiger partial charge in [0.15, 0.2) is 0 Å². The monoisotopic (exact) mass is 478 g/mol. The highest BCUT2D eigenvalue weighted by atomic mass is 28.5. The third-order valence-corrected chi connectivity index (χ3v) is 18.4. The first kappa shape index (κ1) is 25.4. The van der Waals surface area contributed by atoms with E-state index in [-0.39, 0.29) is 0 Å². The molecule has 0 N–H and O–H groups in total. The van der Waals surface area contributed by atoms with Crippen LogP contribution < -0.4 is 10.4 Å². The lowest BCUT2D eigenvalue weighted by Crippen LogP contribution is -2.66. The van der Waals surface area contributed by atoms with Gasteiger partial charge in [-0.25, -0.2) is 0 Å². The van der Waals surface area contributed by atoms with Gasteiger partial charge in [0.1, 0.15) is 10.5 Å². The van der Waals surface area contributed by atoms with E-state index < -0.39 is 26.4 Å². The van der Waals surface area contributed by atoms with Crippen molar-refractivity contribution < 1.29 is 16.8 Å². The van der Waals surface area contributed by atoms with E-state index in [1.54, 1.807) is 0 Å². The van der Waals surface area contributed by atoms with Crippen LogP contribution in [0.25, 0.3) is 0 Å². The predicted molar refractivity (Wildman–Crippen MR) is 136 cm³/mol. The summed E-state index contributed by atoms with van der Waals surface area (Å²) in [6, 6.07) is 22.0. The molecule has 0 saturated heterocycles. The largest absolute Gasteiger partial charge is 0.447 e. The maximum absolute atomic E-state index is 7.19. The molecular formula is C22H38O4Si4. The molecule has 0 saturated carbocycles. The Hall–Kier alpha value is -0.852. The standard InChI is InChI=1S/C22H38O4Si4/c1-5-7-8-15-20-30(23-6-2,22-18-13-10-14-19-22)26-29(4,25-28(3)24-27)21-16-11-9-12-17-21/h9-14,16-19,28H,5-8,15,20H2,1-4,27H3. The van der Waals surface area contributed by atoms with Crippen LogP contribution in [0.1, 0.15) is 39.5 Å². The molecule has 30 heavy (non-hydrogen) atoms. The molecule has 4 nitrogen and oxygen atoms in total. The van der Waals surface area contributed by atoms with Crippen molar-refractivity contribution >= 4 is 47.3 Å². The van der Waals surface area contributed by atoms with Crippen LogP contribution in [0.2, 0.25) is 19.1 Å². The minimum Gasteiger partial charge on any atom is -0.447 e. The third-order valence-electron chi connectivity index (χ3n) is 5.33. The molecule has 166 valence electrons. The number of hydrogen-bond acceptors (Lipinski definition) is 4. The van der Waals surface area contributed by atoms with Crippen LogP contribution in [0.4, 0.5) is 0 Å². The summed E-state index contributed by atoms with van der Waals surface area (Å²) in [7, 11) is -6.51. The van der Waals surface area contributed by atoms with Crippen LogP contribution >= 0.6 is 0 Å². The molecule has 3 atom stereocenters. The van der Waals surface area contributed by atoms with Gasteiger partial charge < -0.3 is 16.8 Å². The Bertz CT molecular complexity index is 722. The van der Waals surface area contributed by atoms with Crippen LogP contribution in [0, 0.1) is 0 Å². The van der Waals surface area contributed by atoms with Gasteiger partial charge in [0.25, 0.3) is 9.28 Å². The van der Waals surface area contributed by atoms with Gasteiger partial charge in [0.2, 0.25) is 0 Å². The van der Waals surface area contributed by atoms with Gasteiger partial charge >= 0.3 is 17.1 Å². The van der Waals surface area contributed by atoms with Crippen LogP contribution in [0.5, 0.6) is 0 Å². The van der Waals surface area contributed by atoms with Crippen molar-refractivity contribution in [2.75, 3.05) is 6.61 Å². The van der Waals surface area contributed by atoms with Crippen LogP contribution in [0.15, 0.2) is 60.7 Å². The normalized spacial score (nSPS) is 16.7. The minimum atomic E-state index is -2.74. The van der Waals surface area contributed by atoms with E-state index >= 15 is 0 Å². The van der Waals surface area contributed by atoms with Crippen molar-refractivity contribution in [1.29, 1.82) is 0 Å². The van der Waals surface area contributed by atoms with Crippen LogP contribution in [-0.2, 0) is 16.8 Å². The average Bonchev–Trinajstić information content (AvgIpc) is 2.78. The molecule has 0 fully saturated rings. The highest BCUT2D eigenvalue weighted by molar-refractivity contribution is 6.95. The van der Waals surface area contributed by atoms with E-state index in [0.717, 1.165) is 17.7 Å². The summed E-state index contributed by atoms with van der Waals surface area (Å²) in [5, 5.41) is 2.34. The van der Waals surface area contributed by atoms with Crippen molar-refractivity contribution in [1.82, 2.24) is 0 Å². The zero-order chi connectivity index (χ0) is 21.9. The lowest BCUT2D eigenvalue weighted by atomic mass is 10.2. The Morgan fingerprint density at radius 1 is 0.867 bits per heavy atom. The first-order valence-electron chi connectivity index (χ1n) is 11.2. The van der Waals surface area contributed by atoms with Crippen molar-refractivity contribution in [2.24, 2.45) is 0 Å². The van der Waals surface area contributed by atoms with Crippen molar-refractivity contribution in [3.63, 3.8) is 0 Å². The topological polar surface area (TPSA) is 36.9 Å². The second kappa shape index (κ2) is 12.9. The summed E-state index contributed by atoms with van der Waals surface area (Å²) < 4.78 is 26.2. The van der Waals surface area contributed by atoms with E-state index in [2.05, 4.69) is 81.5 Å². The van der Waals surface area contributed by atoms with E-state index in [1.165, 1.54) is 24.4 Å². The van der Waals surface area contributed by atoms with E-state index in [1.807, 2.05) is 6.07 Å². The van der Waals surface area contributed by atoms with Gasteiger partial charge in [-0.05, 0) is 36.4 Å². The first-order chi connectivity index (χ1) is 14.5. The van der Waals surface area contributed by atoms with E-state index in [0.29, 0.717) is 17.1 Å². The Morgan fingerprint density at radius 2 is 1.47 bits per heavy atom. The van der Waals surface area contributed by atoms with E-state index in [9.17, 15) is 0 Å². The summed E-state index contributed by atoms with van der Waals surface area (Å²) >= 11 is 0. The Labute approximate surface area is 189 Å². The van der Waals surface area contributed by atoms with Crippen molar-refractivity contribution in [3.8, 4) is 0 Å². The molecule has 2 aromatic carbocycles. The Kier molecular flexibility index (Phi) is 10.9. The van der Waals surface area contributed by atoms with Gasteiger partial charge in [-0.3, -0.25) is 0 Å². The van der Waals surface area contributed by atoms with Gasteiger partial charge in [-0.1, -0.05) is 93.3 Å². The fourth-order valence-electron chi connectivity index (χ4n) is 3.72. The Balaban J connectivity index is 2.47. The number of unbranched alkanes of at least 4 members (excludes halogenated alkanes) is 3. The fraction of sp³-hybridized carbons (Fsp3) is 0.455. The zero-order valence-corrected chi connectivity index (χ0v) is 24.4. The summed E-state index contributed by atoms with van der Waals surface area (Å²) in [4.78, 5) is 0. The first-order valence-corrected chi connectivity index (χ1v) is 18.4. The summed E-state index contributed by atoms with van der Waals surface area (Å²) in [6.07, 6.45) is 4.77. The molecule has 0 bridgehead atoms. The van der Waals surface area contributed by atoms with E-state index in [4.69, 9.17) is 16.8 Å². The quantitative estimate of drug-likeness (QED) is 0.309. The molecule has 0 aliphatic carbocycles. The SMILES string of the molecule is CCCCCC[Si](OCC)(O[Si](C)(O[SiH](C)O[SiH3])c1ccccc1)c1ccccc1. The molecule has 2 aromatic rings. The van der Waals surface area contributed by atoms with Gasteiger partial charge in [0, 0.05) is 6.61 Å². The third kappa shape index (κ3) is 7.09. The summed E-state index contributed by atoms with van der Waals surface area (Å²) in [5.74, 6) is 0. The zero-order valence-electron chi connectivity index (χ0n) is 19.2. The molecular weight excluding hydrogens is 441 g/mol. The van der Waals surface area contributed by atoms with Crippen molar-refractivity contribution in [2.45, 2.75) is 58.7 Å². The van der Waals surface area contributed by atoms with Gasteiger partial charge in [-0.15, -0.1) is 0 Å². The number of rotatable bonds is 14. The van der Waals surface area contributed by atoms with Gasteiger partial charge in [0.05, 0.1) is 0 Å². The van der Waals surface area contributed by atoms with Crippen LogP contribution in [-0.4, -0.2) is 43.5 Å². The fourth-order valence-corrected chi connectivity index (χ4v) is 16.1. The molecule has 2 rings (SSSR count). The predicted octanol–water partition coefficient (Wildman–Crippen LogP) is 3.11. The lowest BCUT2D eigenvalue weighted by molar-refractivity contribution is 0.240. The molecule has 0 aliphatic rings. The van der Waals surface area contributed by atoms with Gasteiger partial charge in [-0.2, -0.15) is 0 Å². The molecule has 3 unspecified atom stereocenters. The number of benzene rings is 2. The average molecular weight is 479 g/mol.